The van der Waals surface area contributed by atoms with Gasteiger partial charge in [-0.2, -0.15) is 26.3 Å². The molecule has 40 heavy (non-hydrogen) atoms. The second-order valence-electron chi connectivity index (χ2n) is 10.3. The molecule has 0 aromatic heterocycles. The van der Waals surface area contributed by atoms with Gasteiger partial charge in [-0.05, 0) is 79.6 Å². The van der Waals surface area contributed by atoms with Crippen LogP contribution in [0.5, 0.6) is 0 Å². The zero-order valence-corrected chi connectivity index (χ0v) is 22.0. The van der Waals surface area contributed by atoms with Gasteiger partial charge in [-0.25, -0.2) is 9.18 Å². The van der Waals surface area contributed by atoms with E-state index in [4.69, 9.17) is 4.74 Å². The second-order valence-corrected chi connectivity index (χ2v) is 10.3. The summed E-state index contributed by atoms with van der Waals surface area (Å²) in [6, 6.07) is 5.50. The van der Waals surface area contributed by atoms with Gasteiger partial charge in [0.05, 0.1) is 30.4 Å². The topological polar surface area (TPSA) is 44.8 Å². The fraction of sp³-hybridized carbons (Fsp3) is 0.536. The van der Waals surface area contributed by atoms with Gasteiger partial charge in [0, 0.05) is 32.2 Å². The molecule has 0 aliphatic carbocycles. The number of rotatable bonds is 6. The smallest absolute Gasteiger partial charge is 0.379 e. The van der Waals surface area contributed by atoms with Gasteiger partial charge in [0.25, 0.3) is 0 Å². The van der Waals surface area contributed by atoms with Crippen LogP contribution in [-0.2, 0) is 23.5 Å². The average Bonchev–Trinajstić information content (AvgIpc) is 2.90. The molecule has 2 saturated heterocycles. The van der Waals surface area contributed by atoms with E-state index in [2.05, 4.69) is 10.2 Å². The first-order chi connectivity index (χ1) is 18.8. The number of amides is 2. The summed E-state index contributed by atoms with van der Waals surface area (Å²) in [5.41, 5.74) is -1.28. The molecule has 0 spiro atoms. The average molecular weight is 576 g/mol. The number of hydrogen-bond donors (Lipinski definition) is 1. The minimum absolute atomic E-state index is 0.0644. The Morgan fingerprint density at radius 3 is 2.23 bits per heavy atom. The van der Waals surface area contributed by atoms with Crippen LogP contribution >= 0.6 is 0 Å². The molecule has 2 aliphatic heterocycles. The fourth-order valence-corrected chi connectivity index (χ4v) is 5.52. The molecule has 0 bridgehead atoms. The van der Waals surface area contributed by atoms with Gasteiger partial charge in [-0.15, -0.1) is 0 Å². The summed E-state index contributed by atoms with van der Waals surface area (Å²) in [6.07, 6.45) is -8.38. The number of likely N-dealkylation sites (tertiary alicyclic amines) is 1. The van der Waals surface area contributed by atoms with Crippen LogP contribution in [0.2, 0.25) is 0 Å². The summed E-state index contributed by atoms with van der Waals surface area (Å²) in [6.45, 7) is 5.15. The highest BCUT2D eigenvalue weighted by Crippen LogP contribution is 2.37. The number of ether oxygens (including phenoxy) is 1. The van der Waals surface area contributed by atoms with Crippen LogP contribution in [0.15, 0.2) is 36.4 Å². The summed E-state index contributed by atoms with van der Waals surface area (Å²) in [7, 11) is 0. The maximum atomic E-state index is 13.8. The largest absolute Gasteiger partial charge is 0.416 e. The van der Waals surface area contributed by atoms with Crippen molar-refractivity contribution < 1.29 is 40.3 Å². The van der Waals surface area contributed by atoms with E-state index in [0.29, 0.717) is 38.3 Å². The number of hydrogen-bond acceptors (Lipinski definition) is 3. The first-order valence-corrected chi connectivity index (χ1v) is 13.2. The number of carbonyl (C=O) groups is 1. The SMILES string of the molecule is Cc1cc(F)ccc1[C@H]1C[C@H](N2CCOCC2)CCN1C(=O)NCCCc1cc(C(F)(F)F)cc(C(F)(F)F)c1. The quantitative estimate of drug-likeness (QED) is 0.323. The van der Waals surface area contributed by atoms with E-state index < -0.39 is 23.5 Å². The number of carbonyl (C=O) groups excluding carboxylic acids is 1. The van der Waals surface area contributed by atoms with Crippen LogP contribution in [0, 0.1) is 12.7 Å². The van der Waals surface area contributed by atoms with Crippen molar-refractivity contribution in [3.05, 3.63) is 70.0 Å². The van der Waals surface area contributed by atoms with E-state index in [0.717, 1.165) is 30.6 Å². The summed E-state index contributed by atoms with van der Waals surface area (Å²) in [5, 5.41) is 2.77. The van der Waals surface area contributed by atoms with Crippen molar-refractivity contribution in [2.75, 3.05) is 39.4 Å². The number of urea groups is 1. The monoisotopic (exact) mass is 575 g/mol. The number of aryl methyl sites for hydroxylation is 2. The third-order valence-corrected chi connectivity index (χ3v) is 7.55. The second kappa shape index (κ2) is 12.3. The van der Waals surface area contributed by atoms with Crippen molar-refractivity contribution in [1.82, 2.24) is 15.1 Å². The van der Waals surface area contributed by atoms with Crippen molar-refractivity contribution in [2.24, 2.45) is 0 Å². The third-order valence-electron chi connectivity index (χ3n) is 7.55. The normalized spacial score (nSPS) is 20.9. The van der Waals surface area contributed by atoms with E-state index in [1.807, 2.05) is 0 Å². The number of nitrogens with zero attached hydrogens (tertiary/aromatic N) is 2. The minimum Gasteiger partial charge on any atom is -0.379 e. The van der Waals surface area contributed by atoms with Crippen molar-refractivity contribution in [3.8, 4) is 0 Å². The van der Waals surface area contributed by atoms with Gasteiger partial charge >= 0.3 is 18.4 Å². The lowest BCUT2D eigenvalue weighted by atomic mass is 9.88. The number of alkyl halides is 6. The maximum Gasteiger partial charge on any atom is 0.416 e. The molecule has 5 nitrogen and oxygen atoms in total. The lowest BCUT2D eigenvalue weighted by molar-refractivity contribution is -0.143. The summed E-state index contributed by atoms with van der Waals surface area (Å²) in [5.74, 6) is -0.374. The van der Waals surface area contributed by atoms with Crippen LogP contribution in [0.3, 0.4) is 0 Å². The molecule has 2 amide bonds. The Kier molecular flexibility index (Phi) is 9.29. The van der Waals surface area contributed by atoms with Crippen LogP contribution in [0.1, 0.15) is 53.1 Å². The highest BCUT2D eigenvalue weighted by atomic mass is 19.4. The zero-order chi connectivity index (χ0) is 29.1. The molecule has 0 saturated carbocycles. The summed E-state index contributed by atoms with van der Waals surface area (Å²) in [4.78, 5) is 17.3. The van der Waals surface area contributed by atoms with Crippen LogP contribution in [0.25, 0.3) is 0 Å². The van der Waals surface area contributed by atoms with E-state index in [-0.39, 0.29) is 54.9 Å². The Morgan fingerprint density at radius 2 is 1.62 bits per heavy atom. The molecule has 1 N–H and O–H groups in total. The zero-order valence-electron chi connectivity index (χ0n) is 22.0. The molecule has 2 fully saturated rings. The molecule has 0 unspecified atom stereocenters. The summed E-state index contributed by atoms with van der Waals surface area (Å²) >= 11 is 0. The standard InChI is InChI=1S/C28H32F7N3O2/c1-18-13-22(29)4-5-24(18)25-17-23(37-9-11-40-12-10-37)6-8-38(25)26(39)36-7-2-3-19-14-20(27(30,31)32)16-21(15-19)28(33,34)35/h4-5,13-16,23,25H,2-3,6-12,17H2,1H3,(H,36,39)/t23-,25-/m1/s1. The molecule has 4 rings (SSSR count). The van der Waals surface area contributed by atoms with Crippen molar-refractivity contribution in [2.45, 2.75) is 57.0 Å². The maximum absolute atomic E-state index is 13.8. The van der Waals surface area contributed by atoms with Crippen molar-refractivity contribution in [1.29, 1.82) is 0 Å². The summed E-state index contributed by atoms with van der Waals surface area (Å²) < 4.78 is 98.2. The number of halogens is 7. The first kappa shape index (κ1) is 30.1. The fourth-order valence-electron chi connectivity index (χ4n) is 5.52. The Labute approximate surface area is 228 Å². The van der Waals surface area contributed by atoms with Crippen LogP contribution in [-0.4, -0.2) is 61.3 Å². The molecule has 2 aromatic carbocycles. The number of benzene rings is 2. The molecule has 220 valence electrons. The van der Waals surface area contributed by atoms with E-state index in [1.165, 1.54) is 12.1 Å². The predicted octanol–water partition coefficient (Wildman–Crippen LogP) is 6.35. The van der Waals surface area contributed by atoms with Crippen LogP contribution in [0.4, 0.5) is 35.5 Å². The number of morpholine rings is 1. The Morgan fingerprint density at radius 1 is 0.975 bits per heavy atom. The molecular formula is C28H32F7N3O2. The lowest BCUT2D eigenvalue weighted by Crippen LogP contribution is -2.53. The van der Waals surface area contributed by atoms with E-state index >= 15 is 0 Å². The highest BCUT2D eigenvalue weighted by Gasteiger charge is 2.38. The highest BCUT2D eigenvalue weighted by molar-refractivity contribution is 5.75. The van der Waals surface area contributed by atoms with Gasteiger partial charge in [-0.1, -0.05) is 6.07 Å². The van der Waals surface area contributed by atoms with Gasteiger partial charge in [0.2, 0.25) is 0 Å². The Bertz CT molecular complexity index is 1150. The van der Waals surface area contributed by atoms with Crippen molar-refractivity contribution >= 4 is 6.03 Å². The molecule has 2 atom stereocenters. The van der Waals surface area contributed by atoms with Gasteiger partial charge in [0.15, 0.2) is 0 Å². The Balaban J connectivity index is 1.42. The minimum atomic E-state index is -4.91. The third kappa shape index (κ3) is 7.45. The molecule has 0 radical (unpaired) electrons. The molecule has 12 heteroatoms. The van der Waals surface area contributed by atoms with Gasteiger partial charge < -0.3 is 15.0 Å². The van der Waals surface area contributed by atoms with E-state index in [1.54, 1.807) is 17.9 Å². The van der Waals surface area contributed by atoms with Gasteiger partial charge in [-0.3, -0.25) is 4.90 Å². The van der Waals surface area contributed by atoms with Crippen LogP contribution < -0.4 is 5.32 Å². The molecule has 2 heterocycles. The number of piperidine rings is 1. The van der Waals surface area contributed by atoms with E-state index in [9.17, 15) is 35.5 Å². The lowest BCUT2D eigenvalue weighted by Gasteiger charge is -2.45. The predicted molar refractivity (Wildman–Crippen MR) is 134 cm³/mol. The number of nitrogens with one attached hydrogen (secondary N) is 1. The van der Waals surface area contributed by atoms with Crippen molar-refractivity contribution in [3.63, 3.8) is 0 Å². The molecule has 2 aliphatic rings. The van der Waals surface area contributed by atoms with Gasteiger partial charge in [0.1, 0.15) is 5.82 Å². The molecule has 2 aromatic rings. The first-order valence-electron chi connectivity index (χ1n) is 13.2. The Hall–Kier alpha value is -2.86. The molecular weight excluding hydrogens is 543 g/mol.